The predicted octanol–water partition coefficient (Wildman–Crippen LogP) is 2.12. The van der Waals surface area contributed by atoms with Crippen LogP contribution in [0.2, 0.25) is 0 Å². The maximum Gasteiger partial charge on any atom is 0.269 e. The Kier molecular flexibility index (Phi) is 3.52. The minimum absolute atomic E-state index is 0.0233. The molecule has 2 rings (SSSR count). The van der Waals surface area contributed by atoms with Crippen LogP contribution in [0.25, 0.3) is 0 Å². The molecule has 18 heavy (non-hydrogen) atoms. The van der Waals surface area contributed by atoms with Crippen molar-refractivity contribution in [1.82, 2.24) is 10.1 Å². The van der Waals surface area contributed by atoms with Gasteiger partial charge in [0.05, 0.1) is 4.92 Å². The van der Waals surface area contributed by atoms with Crippen molar-refractivity contribution in [3.63, 3.8) is 0 Å². The van der Waals surface area contributed by atoms with Gasteiger partial charge in [-0.1, -0.05) is 12.1 Å². The Labute approximate surface area is 103 Å². The van der Waals surface area contributed by atoms with Crippen LogP contribution in [0.15, 0.2) is 28.8 Å². The van der Waals surface area contributed by atoms with E-state index in [1.807, 2.05) is 6.92 Å². The Morgan fingerprint density at radius 2 is 2.11 bits per heavy atom. The lowest BCUT2D eigenvalue weighted by Gasteiger charge is -2.01. The molecule has 0 radical (unpaired) electrons. The monoisotopic (exact) mass is 249 g/mol. The van der Waals surface area contributed by atoms with E-state index >= 15 is 0 Å². The average Bonchev–Trinajstić information content (AvgIpc) is 2.85. The van der Waals surface area contributed by atoms with E-state index in [0.717, 1.165) is 0 Å². The van der Waals surface area contributed by atoms with Crippen LogP contribution in [-0.4, -0.2) is 15.1 Å². The molecule has 0 fully saturated rings. The van der Waals surface area contributed by atoms with Crippen molar-refractivity contribution in [1.29, 1.82) is 0 Å². The molecular formula is C11H11N3O4. The fourth-order valence-electron chi connectivity index (χ4n) is 1.30. The van der Waals surface area contributed by atoms with Crippen LogP contribution in [0, 0.1) is 10.1 Å². The Morgan fingerprint density at radius 1 is 1.39 bits per heavy atom. The maximum atomic E-state index is 10.5. The molecule has 7 nitrogen and oxygen atoms in total. The number of nitro groups is 1. The summed E-state index contributed by atoms with van der Waals surface area (Å²) in [4.78, 5) is 14.1. The van der Waals surface area contributed by atoms with Crippen molar-refractivity contribution >= 4 is 5.69 Å². The van der Waals surface area contributed by atoms with E-state index in [0.29, 0.717) is 23.9 Å². The topological polar surface area (TPSA) is 91.3 Å². The van der Waals surface area contributed by atoms with Crippen LogP contribution in [0.5, 0.6) is 5.75 Å². The lowest BCUT2D eigenvalue weighted by atomic mass is 10.3. The van der Waals surface area contributed by atoms with Gasteiger partial charge >= 0.3 is 0 Å². The number of rotatable bonds is 5. The second-order valence-corrected chi connectivity index (χ2v) is 3.50. The minimum atomic E-state index is -0.462. The summed E-state index contributed by atoms with van der Waals surface area (Å²) >= 11 is 0. The lowest BCUT2D eigenvalue weighted by Crippen LogP contribution is -1.98. The van der Waals surface area contributed by atoms with Crippen LogP contribution < -0.4 is 4.74 Å². The van der Waals surface area contributed by atoms with Gasteiger partial charge in [0.2, 0.25) is 11.7 Å². The third kappa shape index (κ3) is 2.82. The summed E-state index contributed by atoms with van der Waals surface area (Å²) in [5, 5.41) is 14.2. The highest BCUT2D eigenvalue weighted by Gasteiger charge is 2.07. The summed E-state index contributed by atoms with van der Waals surface area (Å²) in [7, 11) is 0. The van der Waals surface area contributed by atoms with Crippen molar-refractivity contribution in [2.45, 2.75) is 20.0 Å². The summed E-state index contributed by atoms with van der Waals surface area (Å²) in [6.07, 6.45) is 0.671. The molecular weight excluding hydrogens is 238 g/mol. The second-order valence-electron chi connectivity index (χ2n) is 3.50. The summed E-state index contributed by atoms with van der Waals surface area (Å²) in [5.74, 6) is 1.52. The molecule has 94 valence electrons. The molecule has 0 spiro atoms. The first-order valence-electron chi connectivity index (χ1n) is 5.37. The molecule has 1 heterocycles. The molecule has 0 amide bonds. The molecule has 0 aliphatic rings. The number of hydrogen-bond donors (Lipinski definition) is 0. The summed E-state index contributed by atoms with van der Waals surface area (Å²) in [6, 6.07) is 5.81. The first kappa shape index (κ1) is 12.0. The molecule has 1 aromatic heterocycles. The van der Waals surface area contributed by atoms with Gasteiger partial charge in [-0.15, -0.1) is 0 Å². The fraction of sp³-hybridized carbons (Fsp3) is 0.273. The normalized spacial score (nSPS) is 10.3. The maximum absolute atomic E-state index is 10.5. The number of ether oxygens (including phenoxy) is 1. The van der Waals surface area contributed by atoms with Gasteiger partial charge in [-0.2, -0.15) is 4.98 Å². The smallest absolute Gasteiger partial charge is 0.269 e. The second kappa shape index (κ2) is 5.26. The van der Waals surface area contributed by atoms with E-state index in [1.165, 1.54) is 24.3 Å². The van der Waals surface area contributed by atoms with Gasteiger partial charge in [-0.25, -0.2) is 0 Å². The van der Waals surface area contributed by atoms with E-state index in [-0.39, 0.29) is 12.3 Å². The number of nitrogens with zero attached hydrogens (tertiary/aromatic N) is 3. The van der Waals surface area contributed by atoms with E-state index in [2.05, 4.69) is 10.1 Å². The highest BCUT2D eigenvalue weighted by Crippen LogP contribution is 2.17. The quantitative estimate of drug-likeness (QED) is 0.595. The molecule has 0 saturated heterocycles. The standard InChI is InChI=1S/C11H11N3O4/c1-2-11-12-10(13-18-11)7-17-9-5-3-8(4-6-9)14(15)16/h3-6H,2,7H2,1H3. The van der Waals surface area contributed by atoms with Gasteiger partial charge < -0.3 is 9.26 Å². The lowest BCUT2D eigenvalue weighted by molar-refractivity contribution is -0.384. The SMILES string of the molecule is CCc1nc(COc2ccc([N+](=O)[O-])cc2)no1. The molecule has 0 saturated carbocycles. The summed E-state index contributed by atoms with van der Waals surface area (Å²) in [5.41, 5.74) is 0.0233. The van der Waals surface area contributed by atoms with E-state index in [4.69, 9.17) is 9.26 Å². The highest BCUT2D eigenvalue weighted by molar-refractivity contribution is 5.35. The van der Waals surface area contributed by atoms with Gasteiger partial charge in [0.1, 0.15) is 5.75 Å². The largest absolute Gasteiger partial charge is 0.485 e. The molecule has 0 unspecified atom stereocenters. The Bertz CT molecular complexity index is 535. The first-order valence-corrected chi connectivity index (χ1v) is 5.37. The molecule has 0 aliphatic heterocycles. The fourth-order valence-corrected chi connectivity index (χ4v) is 1.30. The molecule has 0 aliphatic carbocycles. The third-order valence-corrected chi connectivity index (χ3v) is 2.23. The van der Waals surface area contributed by atoms with Crippen molar-refractivity contribution in [2.24, 2.45) is 0 Å². The van der Waals surface area contributed by atoms with E-state index in [1.54, 1.807) is 0 Å². The Morgan fingerprint density at radius 3 is 2.67 bits per heavy atom. The van der Waals surface area contributed by atoms with Crippen molar-refractivity contribution in [3.05, 3.63) is 46.1 Å². The molecule has 0 bridgehead atoms. The summed E-state index contributed by atoms with van der Waals surface area (Å²) < 4.78 is 10.3. The van der Waals surface area contributed by atoms with Gasteiger partial charge in [0.15, 0.2) is 6.61 Å². The number of aromatic nitrogens is 2. The van der Waals surface area contributed by atoms with Crippen LogP contribution in [0.1, 0.15) is 18.6 Å². The zero-order chi connectivity index (χ0) is 13.0. The Hall–Kier alpha value is -2.44. The molecule has 0 atom stereocenters. The average molecular weight is 249 g/mol. The van der Waals surface area contributed by atoms with Crippen LogP contribution >= 0.6 is 0 Å². The molecule has 7 heteroatoms. The molecule has 2 aromatic rings. The molecule has 1 aromatic carbocycles. The van der Waals surface area contributed by atoms with Crippen molar-refractivity contribution < 1.29 is 14.2 Å². The molecule has 0 N–H and O–H groups in total. The Balaban J connectivity index is 1.95. The van der Waals surface area contributed by atoms with Crippen molar-refractivity contribution in [3.8, 4) is 5.75 Å². The van der Waals surface area contributed by atoms with Crippen LogP contribution in [-0.2, 0) is 13.0 Å². The predicted molar refractivity (Wildman–Crippen MR) is 61.1 cm³/mol. The number of aryl methyl sites for hydroxylation is 1. The van der Waals surface area contributed by atoms with Crippen LogP contribution in [0.3, 0.4) is 0 Å². The minimum Gasteiger partial charge on any atom is -0.485 e. The number of nitro benzene ring substituents is 1. The number of benzene rings is 1. The van der Waals surface area contributed by atoms with Crippen LogP contribution in [0.4, 0.5) is 5.69 Å². The number of non-ortho nitro benzene ring substituents is 1. The van der Waals surface area contributed by atoms with Gasteiger partial charge in [0.25, 0.3) is 5.69 Å². The van der Waals surface area contributed by atoms with Gasteiger partial charge in [0, 0.05) is 18.6 Å². The first-order chi connectivity index (χ1) is 8.69. The number of hydrogen-bond acceptors (Lipinski definition) is 6. The highest BCUT2D eigenvalue weighted by atomic mass is 16.6. The summed E-state index contributed by atoms with van der Waals surface area (Å²) in [6.45, 7) is 2.08. The zero-order valence-corrected chi connectivity index (χ0v) is 9.70. The van der Waals surface area contributed by atoms with Gasteiger partial charge in [-0.3, -0.25) is 10.1 Å². The third-order valence-electron chi connectivity index (χ3n) is 2.23. The van der Waals surface area contributed by atoms with E-state index < -0.39 is 4.92 Å². The zero-order valence-electron chi connectivity index (χ0n) is 9.70. The van der Waals surface area contributed by atoms with Crippen molar-refractivity contribution in [2.75, 3.05) is 0 Å². The van der Waals surface area contributed by atoms with Gasteiger partial charge in [-0.05, 0) is 12.1 Å². The van der Waals surface area contributed by atoms with E-state index in [9.17, 15) is 10.1 Å².